The molecular formula is C18H25N3. The molecule has 1 aliphatic rings. The van der Waals surface area contributed by atoms with Gasteiger partial charge < -0.3 is 10.6 Å². The van der Waals surface area contributed by atoms with Crippen molar-refractivity contribution in [1.82, 2.24) is 4.98 Å². The maximum atomic E-state index is 6.14. The molecule has 1 heterocycles. The lowest BCUT2D eigenvalue weighted by Crippen LogP contribution is -2.36. The fourth-order valence-electron chi connectivity index (χ4n) is 3.62. The zero-order valence-corrected chi connectivity index (χ0v) is 13.1. The number of rotatable bonds is 3. The number of anilines is 2. The first-order chi connectivity index (χ1) is 10.2. The molecule has 2 aromatic rings. The summed E-state index contributed by atoms with van der Waals surface area (Å²) in [5, 5.41) is 2.32. The van der Waals surface area contributed by atoms with Gasteiger partial charge in [0.15, 0.2) is 0 Å². The van der Waals surface area contributed by atoms with E-state index in [0.717, 1.165) is 23.3 Å². The van der Waals surface area contributed by atoms with E-state index in [1.165, 1.54) is 43.2 Å². The third-order valence-electron chi connectivity index (χ3n) is 4.71. The highest BCUT2D eigenvalue weighted by Crippen LogP contribution is 2.34. The highest BCUT2D eigenvalue weighted by molar-refractivity contribution is 6.01. The Morgan fingerprint density at radius 2 is 1.95 bits per heavy atom. The van der Waals surface area contributed by atoms with Crippen LogP contribution in [0.5, 0.6) is 0 Å². The molecule has 2 N–H and O–H groups in total. The van der Waals surface area contributed by atoms with E-state index in [9.17, 15) is 0 Å². The molecule has 1 fully saturated rings. The molecule has 0 atom stereocenters. The fourth-order valence-corrected chi connectivity index (χ4v) is 3.62. The van der Waals surface area contributed by atoms with E-state index >= 15 is 0 Å². The van der Waals surface area contributed by atoms with Gasteiger partial charge in [0, 0.05) is 46.6 Å². The Morgan fingerprint density at radius 1 is 1.19 bits per heavy atom. The number of nitrogens with zero attached hydrogens (tertiary/aromatic N) is 2. The molecule has 1 aromatic carbocycles. The van der Waals surface area contributed by atoms with E-state index in [2.05, 4.69) is 28.9 Å². The van der Waals surface area contributed by atoms with E-state index in [1.54, 1.807) is 0 Å². The predicted octanol–water partition coefficient (Wildman–Crippen LogP) is 4.28. The summed E-state index contributed by atoms with van der Waals surface area (Å²) < 4.78 is 0. The van der Waals surface area contributed by atoms with Crippen LogP contribution in [-0.2, 0) is 0 Å². The number of nitrogen functional groups attached to an aromatic ring is 1. The summed E-state index contributed by atoms with van der Waals surface area (Å²) in [6.45, 7) is 5.35. The normalized spacial score (nSPS) is 16.3. The Morgan fingerprint density at radius 3 is 2.67 bits per heavy atom. The van der Waals surface area contributed by atoms with Gasteiger partial charge in [-0.25, -0.2) is 0 Å². The SMILES string of the molecule is CCN(c1ccc(N)c2cnc(C)cc12)C1CCCCC1. The quantitative estimate of drug-likeness (QED) is 0.855. The number of pyridine rings is 1. The number of hydrogen-bond acceptors (Lipinski definition) is 3. The van der Waals surface area contributed by atoms with Crippen LogP contribution in [0, 0.1) is 6.92 Å². The van der Waals surface area contributed by atoms with E-state index in [-0.39, 0.29) is 0 Å². The third kappa shape index (κ3) is 2.69. The largest absolute Gasteiger partial charge is 0.398 e. The van der Waals surface area contributed by atoms with Crippen LogP contribution >= 0.6 is 0 Å². The van der Waals surface area contributed by atoms with E-state index < -0.39 is 0 Å². The average Bonchev–Trinajstić information content (AvgIpc) is 2.51. The lowest BCUT2D eigenvalue weighted by atomic mass is 9.93. The maximum Gasteiger partial charge on any atom is 0.0451 e. The number of fused-ring (bicyclic) bond motifs is 1. The Hall–Kier alpha value is -1.77. The Labute approximate surface area is 127 Å². The summed E-state index contributed by atoms with van der Waals surface area (Å²) in [6, 6.07) is 7.06. The molecule has 1 aliphatic carbocycles. The molecule has 0 bridgehead atoms. The summed E-state index contributed by atoms with van der Waals surface area (Å²) >= 11 is 0. The van der Waals surface area contributed by atoms with Gasteiger partial charge in [0.1, 0.15) is 0 Å². The minimum absolute atomic E-state index is 0.670. The molecule has 21 heavy (non-hydrogen) atoms. The zero-order valence-electron chi connectivity index (χ0n) is 13.1. The van der Waals surface area contributed by atoms with Crippen molar-refractivity contribution in [3.8, 4) is 0 Å². The number of benzene rings is 1. The van der Waals surface area contributed by atoms with Gasteiger partial charge >= 0.3 is 0 Å². The Balaban J connectivity index is 2.09. The number of nitrogens with two attached hydrogens (primary N) is 1. The molecule has 0 aliphatic heterocycles. The van der Waals surface area contributed by atoms with Crippen LogP contribution in [0.2, 0.25) is 0 Å². The van der Waals surface area contributed by atoms with Gasteiger partial charge in [-0.3, -0.25) is 4.98 Å². The molecule has 1 saturated carbocycles. The van der Waals surface area contributed by atoms with Gasteiger partial charge in [-0.15, -0.1) is 0 Å². The van der Waals surface area contributed by atoms with Crippen molar-refractivity contribution in [2.45, 2.75) is 52.0 Å². The molecule has 3 nitrogen and oxygen atoms in total. The minimum atomic E-state index is 0.670. The Bertz CT molecular complexity index is 630. The summed E-state index contributed by atoms with van der Waals surface area (Å²) in [5.41, 5.74) is 9.33. The van der Waals surface area contributed by atoms with Gasteiger partial charge in [-0.1, -0.05) is 19.3 Å². The Kier molecular flexibility index (Phi) is 4.00. The van der Waals surface area contributed by atoms with Gasteiger partial charge in [-0.05, 0) is 44.9 Å². The first kappa shape index (κ1) is 14.2. The molecule has 0 spiro atoms. The third-order valence-corrected chi connectivity index (χ3v) is 4.71. The molecule has 0 unspecified atom stereocenters. The van der Waals surface area contributed by atoms with Crippen molar-refractivity contribution in [1.29, 1.82) is 0 Å². The van der Waals surface area contributed by atoms with Crippen molar-refractivity contribution in [2.75, 3.05) is 17.2 Å². The number of aromatic nitrogens is 1. The van der Waals surface area contributed by atoms with E-state index in [1.807, 2.05) is 19.2 Å². The van der Waals surface area contributed by atoms with Crippen LogP contribution < -0.4 is 10.6 Å². The van der Waals surface area contributed by atoms with Crippen molar-refractivity contribution < 1.29 is 0 Å². The number of hydrogen-bond donors (Lipinski definition) is 1. The van der Waals surface area contributed by atoms with Crippen LogP contribution in [0.15, 0.2) is 24.4 Å². The smallest absolute Gasteiger partial charge is 0.0451 e. The van der Waals surface area contributed by atoms with E-state index in [4.69, 9.17) is 5.73 Å². The molecule has 0 amide bonds. The second-order valence-electron chi connectivity index (χ2n) is 6.12. The van der Waals surface area contributed by atoms with Crippen molar-refractivity contribution in [3.05, 3.63) is 30.1 Å². The molecule has 112 valence electrons. The average molecular weight is 283 g/mol. The van der Waals surface area contributed by atoms with Crippen LogP contribution in [0.4, 0.5) is 11.4 Å². The van der Waals surface area contributed by atoms with Crippen molar-refractivity contribution >= 4 is 22.1 Å². The zero-order chi connectivity index (χ0) is 14.8. The standard InChI is InChI=1S/C18H25N3/c1-3-21(14-7-5-4-6-8-14)18-10-9-17(19)16-12-20-13(2)11-15(16)18/h9-12,14H,3-8,19H2,1-2H3. The lowest BCUT2D eigenvalue weighted by Gasteiger charge is -2.36. The molecule has 3 heteroatoms. The molecular weight excluding hydrogens is 258 g/mol. The monoisotopic (exact) mass is 283 g/mol. The first-order valence-corrected chi connectivity index (χ1v) is 8.12. The number of aryl methyl sites for hydroxylation is 1. The minimum Gasteiger partial charge on any atom is -0.398 e. The first-order valence-electron chi connectivity index (χ1n) is 8.12. The van der Waals surface area contributed by atoms with Crippen LogP contribution in [0.1, 0.15) is 44.7 Å². The van der Waals surface area contributed by atoms with Crippen LogP contribution in [-0.4, -0.2) is 17.6 Å². The van der Waals surface area contributed by atoms with Gasteiger partial charge in [0.2, 0.25) is 0 Å². The predicted molar refractivity (Wildman–Crippen MR) is 90.8 cm³/mol. The topological polar surface area (TPSA) is 42.1 Å². The van der Waals surface area contributed by atoms with Crippen molar-refractivity contribution in [2.24, 2.45) is 0 Å². The van der Waals surface area contributed by atoms with Crippen LogP contribution in [0.25, 0.3) is 10.8 Å². The molecule has 0 saturated heterocycles. The second kappa shape index (κ2) is 5.92. The fraction of sp³-hybridized carbons (Fsp3) is 0.500. The van der Waals surface area contributed by atoms with Crippen molar-refractivity contribution in [3.63, 3.8) is 0 Å². The second-order valence-corrected chi connectivity index (χ2v) is 6.12. The summed E-state index contributed by atoms with van der Waals surface area (Å²) in [6.07, 6.45) is 8.63. The summed E-state index contributed by atoms with van der Waals surface area (Å²) in [4.78, 5) is 6.98. The molecule has 0 radical (unpaired) electrons. The van der Waals surface area contributed by atoms with Gasteiger partial charge in [0.05, 0.1) is 0 Å². The highest BCUT2D eigenvalue weighted by atomic mass is 15.2. The lowest BCUT2D eigenvalue weighted by molar-refractivity contribution is 0.418. The van der Waals surface area contributed by atoms with E-state index in [0.29, 0.717) is 6.04 Å². The molecule has 3 rings (SSSR count). The van der Waals surface area contributed by atoms with Crippen LogP contribution in [0.3, 0.4) is 0 Å². The highest BCUT2D eigenvalue weighted by Gasteiger charge is 2.22. The molecule has 1 aromatic heterocycles. The summed E-state index contributed by atoms with van der Waals surface area (Å²) in [5.74, 6) is 0. The summed E-state index contributed by atoms with van der Waals surface area (Å²) in [7, 11) is 0. The maximum absolute atomic E-state index is 6.14. The van der Waals surface area contributed by atoms with Gasteiger partial charge in [-0.2, -0.15) is 0 Å². The van der Waals surface area contributed by atoms with Gasteiger partial charge in [0.25, 0.3) is 0 Å².